The molecular formula is C14H11ClFNOS. The Hall–Kier alpha value is -1.65. The monoisotopic (exact) mass is 295 g/mol. The molecule has 0 bridgehead atoms. The first-order valence-electron chi connectivity index (χ1n) is 5.60. The van der Waals surface area contributed by atoms with Gasteiger partial charge < -0.3 is 5.32 Å². The summed E-state index contributed by atoms with van der Waals surface area (Å²) in [6, 6.07) is 9.94. The van der Waals surface area contributed by atoms with Crippen LogP contribution in [0.15, 0.2) is 42.5 Å². The lowest BCUT2D eigenvalue weighted by atomic mass is 10.2. The van der Waals surface area contributed by atoms with Crippen molar-refractivity contribution in [2.75, 3.05) is 0 Å². The molecule has 2 aromatic rings. The molecule has 1 amide bonds. The Morgan fingerprint density at radius 2 is 2.11 bits per heavy atom. The smallest absolute Gasteiger partial charge is 0.244 e. The van der Waals surface area contributed by atoms with Crippen LogP contribution >= 0.6 is 22.9 Å². The highest BCUT2D eigenvalue weighted by Crippen LogP contribution is 2.22. The maximum atomic E-state index is 13.3. The lowest BCUT2D eigenvalue weighted by Gasteiger charge is -2.03. The van der Waals surface area contributed by atoms with E-state index in [0.29, 0.717) is 9.90 Å². The molecule has 0 saturated carbocycles. The van der Waals surface area contributed by atoms with Crippen molar-refractivity contribution < 1.29 is 9.18 Å². The maximum Gasteiger partial charge on any atom is 0.244 e. The molecule has 5 heteroatoms. The van der Waals surface area contributed by atoms with Crippen molar-refractivity contribution >= 4 is 34.9 Å². The maximum absolute atomic E-state index is 13.3. The minimum Gasteiger partial charge on any atom is -0.348 e. The van der Waals surface area contributed by atoms with Crippen molar-refractivity contribution in [1.82, 2.24) is 5.32 Å². The van der Waals surface area contributed by atoms with Gasteiger partial charge in [0.05, 0.1) is 4.34 Å². The third-order valence-corrected chi connectivity index (χ3v) is 3.60. The zero-order valence-corrected chi connectivity index (χ0v) is 11.5. The lowest BCUT2D eigenvalue weighted by molar-refractivity contribution is -0.116. The van der Waals surface area contributed by atoms with E-state index in [2.05, 4.69) is 5.32 Å². The van der Waals surface area contributed by atoms with Gasteiger partial charge in [0.25, 0.3) is 0 Å². The second-order valence-corrected chi connectivity index (χ2v) is 5.53. The van der Waals surface area contributed by atoms with Crippen LogP contribution < -0.4 is 5.32 Å². The summed E-state index contributed by atoms with van der Waals surface area (Å²) in [7, 11) is 0. The van der Waals surface area contributed by atoms with E-state index < -0.39 is 0 Å². The van der Waals surface area contributed by atoms with E-state index in [4.69, 9.17) is 11.6 Å². The van der Waals surface area contributed by atoms with Gasteiger partial charge >= 0.3 is 0 Å². The minimum absolute atomic E-state index is 0.168. The number of carbonyl (C=O) groups excluding carboxylic acids is 1. The molecule has 0 aliphatic rings. The molecule has 0 spiro atoms. The first-order chi connectivity index (χ1) is 9.15. The van der Waals surface area contributed by atoms with Crippen LogP contribution in [0.25, 0.3) is 6.08 Å². The van der Waals surface area contributed by atoms with Crippen molar-refractivity contribution in [3.05, 3.63) is 63.1 Å². The Kier molecular flexibility index (Phi) is 4.71. The molecule has 0 aliphatic carbocycles. The first-order valence-corrected chi connectivity index (χ1v) is 6.79. The van der Waals surface area contributed by atoms with Crippen molar-refractivity contribution in [3.63, 3.8) is 0 Å². The van der Waals surface area contributed by atoms with E-state index in [1.54, 1.807) is 30.3 Å². The lowest BCUT2D eigenvalue weighted by Crippen LogP contribution is -2.20. The fraction of sp³-hybridized carbons (Fsp3) is 0.0714. The Bertz CT molecular complexity index is 609. The molecule has 0 atom stereocenters. The van der Waals surface area contributed by atoms with Crippen LogP contribution in [0.5, 0.6) is 0 Å². The summed E-state index contributed by atoms with van der Waals surface area (Å²) in [4.78, 5) is 12.5. The van der Waals surface area contributed by atoms with Gasteiger partial charge in [-0.15, -0.1) is 11.3 Å². The van der Waals surface area contributed by atoms with Crippen molar-refractivity contribution in [2.24, 2.45) is 0 Å². The van der Waals surface area contributed by atoms with E-state index in [9.17, 15) is 9.18 Å². The SMILES string of the molecule is O=C(/C=C/c1ccc(Cl)s1)NCc1ccccc1F. The average molecular weight is 296 g/mol. The van der Waals surface area contributed by atoms with Gasteiger partial charge in [-0.25, -0.2) is 4.39 Å². The second-order valence-electron chi connectivity index (χ2n) is 3.78. The Morgan fingerprint density at radius 3 is 2.79 bits per heavy atom. The molecule has 19 heavy (non-hydrogen) atoms. The molecule has 0 aliphatic heterocycles. The highest BCUT2D eigenvalue weighted by molar-refractivity contribution is 7.17. The molecule has 1 N–H and O–H groups in total. The molecule has 0 fully saturated rings. The number of carbonyl (C=O) groups is 1. The van der Waals surface area contributed by atoms with Gasteiger partial charge in [-0.2, -0.15) is 0 Å². The van der Waals surface area contributed by atoms with Crippen LogP contribution in [-0.2, 0) is 11.3 Å². The predicted octanol–water partition coefficient (Wildman–Crippen LogP) is 3.87. The Balaban J connectivity index is 1.88. The normalized spacial score (nSPS) is 10.8. The molecule has 1 aromatic carbocycles. The van der Waals surface area contributed by atoms with E-state index >= 15 is 0 Å². The quantitative estimate of drug-likeness (QED) is 0.852. The van der Waals surface area contributed by atoms with Gasteiger partial charge in [-0.1, -0.05) is 29.8 Å². The third-order valence-electron chi connectivity index (χ3n) is 2.40. The molecular weight excluding hydrogens is 285 g/mol. The molecule has 0 unspecified atom stereocenters. The fourth-order valence-electron chi connectivity index (χ4n) is 1.46. The number of nitrogens with one attached hydrogen (secondary N) is 1. The fourth-order valence-corrected chi connectivity index (χ4v) is 2.42. The number of hydrogen-bond acceptors (Lipinski definition) is 2. The van der Waals surface area contributed by atoms with Crippen LogP contribution in [0.4, 0.5) is 4.39 Å². The summed E-state index contributed by atoms with van der Waals surface area (Å²) < 4.78 is 14.0. The van der Waals surface area contributed by atoms with Gasteiger partial charge in [0.1, 0.15) is 5.82 Å². The first kappa shape index (κ1) is 13.8. The number of benzene rings is 1. The van der Waals surface area contributed by atoms with E-state index in [-0.39, 0.29) is 18.3 Å². The average Bonchev–Trinajstić information content (AvgIpc) is 2.81. The summed E-state index contributed by atoms with van der Waals surface area (Å²) in [6.07, 6.45) is 3.08. The number of rotatable bonds is 4. The topological polar surface area (TPSA) is 29.1 Å². The Morgan fingerprint density at radius 1 is 1.32 bits per heavy atom. The van der Waals surface area contributed by atoms with Crippen LogP contribution in [0.2, 0.25) is 4.34 Å². The van der Waals surface area contributed by atoms with E-state index in [0.717, 1.165) is 4.88 Å². The largest absolute Gasteiger partial charge is 0.348 e. The summed E-state index contributed by atoms with van der Waals surface area (Å²) in [5.41, 5.74) is 0.461. The molecule has 98 valence electrons. The van der Waals surface area contributed by atoms with Crippen molar-refractivity contribution in [1.29, 1.82) is 0 Å². The van der Waals surface area contributed by atoms with Gasteiger partial charge in [0.15, 0.2) is 0 Å². The summed E-state index contributed by atoms with van der Waals surface area (Å²) in [5.74, 6) is -0.593. The molecule has 1 heterocycles. The number of thiophene rings is 1. The molecule has 0 radical (unpaired) electrons. The zero-order chi connectivity index (χ0) is 13.7. The minimum atomic E-state index is -0.322. The van der Waals surface area contributed by atoms with Gasteiger partial charge in [0, 0.05) is 23.1 Å². The van der Waals surface area contributed by atoms with E-state index in [1.165, 1.54) is 23.5 Å². The van der Waals surface area contributed by atoms with Gasteiger partial charge in [-0.05, 0) is 24.3 Å². The van der Waals surface area contributed by atoms with E-state index in [1.807, 2.05) is 6.07 Å². The third kappa shape index (κ3) is 4.19. The molecule has 1 aromatic heterocycles. The summed E-state index contributed by atoms with van der Waals surface area (Å²) in [6.45, 7) is 0.168. The summed E-state index contributed by atoms with van der Waals surface area (Å²) >= 11 is 7.16. The standard InChI is InChI=1S/C14H11ClFNOS/c15-13-7-5-11(19-13)6-8-14(18)17-9-10-3-1-2-4-12(10)16/h1-8H,9H2,(H,17,18)/b8-6+. The number of amides is 1. The van der Waals surface area contributed by atoms with Crippen LogP contribution in [0, 0.1) is 5.82 Å². The molecule has 0 saturated heterocycles. The van der Waals surface area contributed by atoms with Crippen LogP contribution in [0.1, 0.15) is 10.4 Å². The highest BCUT2D eigenvalue weighted by atomic mass is 35.5. The highest BCUT2D eigenvalue weighted by Gasteiger charge is 2.02. The zero-order valence-electron chi connectivity index (χ0n) is 9.90. The summed E-state index contributed by atoms with van der Waals surface area (Å²) in [5, 5.41) is 2.62. The number of halogens is 2. The molecule has 2 nitrogen and oxygen atoms in total. The van der Waals surface area contributed by atoms with Gasteiger partial charge in [0.2, 0.25) is 5.91 Å². The van der Waals surface area contributed by atoms with Crippen LogP contribution in [0.3, 0.4) is 0 Å². The Labute approximate surface area is 119 Å². The predicted molar refractivity (Wildman–Crippen MR) is 76.6 cm³/mol. The van der Waals surface area contributed by atoms with Gasteiger partial charge in [-0.3, -0.25) is 4.79 Å². The van der Waals surface area contributed by atoms with Crippen molar-refractivity contribution in [3.8, 4) is 0 Å². The van der Waals surface area contributed by atoms with Crippen LogP contribution in [-0.4, -0.2) is 5.91 Å². The van der Waals surface area contributed by atoms with Crippen molar-refractivity contribution in [2.45, 2.75) is 6.54 Å². The molecule has 2 rings (SSSR count). The number of hydrogen-bond donors (Lipinski definition) is 1. The second kappa shape index (κ2) is 6.50.